The van der Waals surface area contributed by atoms with Crippen molar-refractivity contribution in [2.45, 2.75) is 13.3 Å². The van der Waals surface area contributed by atoms with Gasteiger partial charge in [-0.3, -0.25) is 9.59 Å². The maximum Gasteiger partial charge on any atom is 0.228 e. The van der Waals surface area contributed by atoms with Crippen molar-refractivity contribution in [3.05, 3.63) is 59.8 Å². The molecule has 0 saturated carbocycles. The average molecular weight is 322 g/mol. The minimum atomic E-state index is -0.139. The van der Waals surface area contributed by atoms with Crippen LogP contribution in [-0.2, 0) is 11.2 Å². The molecule has 1 aromatic heterocycles. The Kier molecular flexibility index (Phi) is 4.33. The number of H-pyrrole nitrogens is 1. The summed E-state index contributed by atoms with van der Waals surface area (Å²) in [5, 5.41) is 3.79. The van der Waals surface area contributed by atoms with Gasteiger partial charge < -0.3 is 15.0 Å². The van der Waals surface area contributed by atoms with Crippen LogP contribution in [-0.4, -0.2) is 23.8 Å². The molecule has 0 saturated heterocycles. The van der Waals surface area contributed by atoms with Crippen LogP contribution in [0.4, 0.5) is 5.69 Å². The molecular weight excluding hydrogens is 304 g/mol. The van der Waals surface area contributed by atoms with Crippen LogP contribution in [0.1, 0.15) is 22.8 Å². The number of hydrogen-bond acceptors (Lipinski definition) is 3. The molecule has 122 valence electrons. The summed E-state index contributed by atoms with van der Waals surface area (Å²) in [4.78, 5) is 26.9. The van der Waals surface area contributed by atoms with E-state index in [1.807, 2.05) is 24.4 Å². The van der Waals surface area contributed by atoms with Gasteiger partial charge in [-0.05, 0) is 42.8 Å². The number of carbonyl (C=O) groups is 2. The van der Waals surface area contributed by atoms with E-state index in [0.717, 1.165) is 22.2 Å². The molecule has 0 spiro atoms. The smallest absolute Gasteiger partial charge is 0.228 e. The number of aromatic amines is 1. The van der Waals surface area contributed by atoms with Crippen LogP contribution < -0.4 is 10.1 Å². The van der Waals surface area contributed by atoms with E-state index in [1.54, 1.807) is 31.4 Å². The summed E-state index contributed by atoms with van der Waals surface area (Å²) in [6.45, 7) is 1.50. The van der Waals surface area contributed by atoms with Crippen LogP contribution in [0.25, 0.3) is 10.9 Å². The quantitative estimate of drug-likeness (QED) is 0.706. The molecular formula is C19H18N2O3. The molecule has 1 heterocycles. The SMILES string of the molecule is COc1ccc2[nH]cc(CC(=O)Nc3cccc(C(C)=O)c3)c2c1. The van der Waals surface area contributed by atoms with Gasteiger partial charge in [-0.15, -0.1) is 0 Å². The normalized spacial score (nSPS) is 10.6. The van der Waals surface area contributed by atoms with Gasteiger partial charge in [0.2, 0.25) is 5.91 Å². The summed E-state index contributed by atoms with van der Waals surface area (Å²) in [7, 11) is 1.61. The second-order valence-electron chi connectivity index (χ2n) is 5.59. The zero-order chi connectivity index (χ0) is 17.1. The van der Waals surface area contributed by atoms with E-state index in [-0.39, 0.29) is 18.1 Å². The fraction of sp³-hybridized carbons (Fsp3) is 0.158. The van der Waals surface area contributed by atoms with Gasteiger partial charge in [0.15, 0.2) is 5.78 Å². The third-order valence-corrected chi connectivity index (χ3v) is 3.88. The standard InChI is InChI=1S/C19H18N2O3/c1-12(22)13-4-3-5-15(8-13)21-19(23)9-14-11-20-18-7-6-16(24-2)10-17(14)18/h3-8,10-11,20H,9H2,1-2H3,(H,21,23). The minimum Gasteiger partial charge on any atom is -0.497 e. The number of hydrogen-bond donors (Lipinski definition) is 2. The van der Waals surface area contributed by atoms with Gasteiger partial charge in [0.05, 0.1) is 13.5 Å². The number of ether oxygens (including phenoxy) is 1. The largest absolute Gasteiger partial charge is 0.497 e. The lowest BCUT2D eigenvalue weighted by atomic mass is 10.1. The molecule has 2 N–H and O–H groups in total. The number of ketones is 1. The third kappa shape index (κ3) is 3.30. The fourth-order valence-corrected chi connectivity index (χ4v) is 2.62. The number of methoxy groups -OCH3 is 1. The summed E-state index contributed by atoms with van der Waals surface area (Å²) in [5.41, 5.74) is 3.04. The summed E-state index contributed by atoms with van der Waals surface area (Å²) in [6.07, 6.45) is 2.06. The van der Waals surface area contributed by atoms with Gasteiger partial charge in [-0.1, -0.05) is 12.1 Å². The van der Waals surface area contributed by atoms with Crippen LogP contribution >= 0.6 is 0 Å². The number of rotatable bonds is 5. The van der Waals surface area contributed by atoms with Crippen molar-refractivity contribution in [1.29, 1.82) is 0 Å². The zero-order valence-corrected chi connectivity index (χ0v) is 13.6. The molecule has 5 nitrogen and oxygen atoms in total. The summed E-state index contributed by atoms with van der Waals surface area (Å²) < 4.78 is 5.24. The highest BCUT2D eigenvalue weighted by atomic mass is 16.5. The van der Waals surface area contributed by atoms with E-state index in [4.69, 9.17) is 4.74 Å². The number of fused-ring (bicyclic) bond motifs is 1. The topological polar surface area (TPSA) is 71.2 Å². The fourth-order valence-electron chi connectivity index (χ4n) is 2.62. The summed E-state index contributed by atoms with van der Waals surface area (Å²) in [6, 6.07) is 12.6. The lowest BCUT2D eigenvalue weighted by Crippen LogP contribution is -2.14. The third-order valence-electron chi connectivity index (χ3n) is 3.88. The second-order valence-corrected chi connectivity index (χ2v) is 5.59. The van der Waals surface area contributed by atoms with Crippen LogP contribution in [0.5, 0.6) is 5.75 Å². The van der Waals surface area contributed by atoms with Crippen molar-refractivity contribution < 1.29 is 14.3 Å². The zero-order valence-electron chi connectivity index (χ0n) is 13.6. The van der Waals surface area contributed by atoms with Gasteiger partial charge in [0.25, 0.3) is 0 Å². The van der Waals surface area contributed by atoms with Gasteiger partial charge in [-0.2, -0.15) is 0 Å². The number of benzene rings is 2. The highest BCUT2D eigenvalue weighted by molar-refractivity contribution is 5.98. The van der Waals surface area contributed by atoms with Crippen molar-refractivity contribution in [2.75, 3.05) is 12.4 Å². The molecule has 0 unspecified atom stereocenters. The Morgan fingerprint density at radius 2 is 2.00 bits per heavy atom. The number of anilines is 1. The summed E-state index contributed by atoms with van der Waals surface area (Å²) >= 11 is 0. The summed E-state index contributed by atoms with van der Waals surface area (Å²) in [5.74, 6) is 0.576. The van der Waals surface area contributed by atoms with E-state index < -0.39 is 0 Å². The molecule has 5 heteroatoms. The van der Waals surface area contributed by atoms with Crippen molar-refractivity contribution >= 4 is 28.3 Å². The van der Waals surface area contributed by atoms with E-state index in [1.165, 1.54) is 6.92 Å². The average Bonchev–Trinajstić information content (AvgIpc) is 2.97. The van der Waals surface area contributed by atoms with Crippen LogP contribution in [0.2, 0.25) is 0 Å². The molecule has 1 amide bonds. The monoisotopic (exact) mass is 322 g/mol. The number of nitrogens with one attached hydrogen (secondary N) is 2. The first-order chi connectivity index (χ1) is 11.6. The molecule has 0 radical (unpaired) electrons. The molecule has 3 aromatic rings. The van der Waals surface area contributed by atoms with E-state index in [2.05, 4.69) is 10.3 Å². The number of carbonyl (C=O) groups excluding carboxylic acids is 2. The molecule has 0 bridgehead atoms. The number of aromatic nitrogens is 1. The van der Waals surface area contributed by atoms with Gasteiger partial charge in [0, 0.05) is 28.4 Å². The van der Waals surface area contributed by atoms with Gasteiger partial charge in [0.1, 0.15) is 5.75 Å². The van der Waals surface area contributed by atoms with Crippen LogP contribution in [0.3, 0.4) is 0 Å². The lowest BCUT2D eigenvalue weighted by Gasteiger charge is -2.06. The highest BCUT2D eigenvalue weighted by Gasteiger charge is 2.11. The maximum atomic E-state index is 12.3. The second kappa shape index (κ2) is 6.58. The van der Waals surface area contributed by atoms with Crippen molar-refractivity contribution in [3.8, 4) is 5.75 Å². The minimum absolute atomic E-state index is 0.0326. The Bertz CT molecular complexity index is 912. The Balaban J connectivity index is 1.78. The predicted octanol–water partition coefficient (Wildman–Crippen LogP) is 3.56. The Labute approximate surface area is 139 Å². The van der Waals surface area contributed by atoms with Crippen molar-refractivity contribution in [3.63, 3.8) is 0 Å². The molecule has 0 aliphatic heterocycles. The molecule has 24 heavy (non-hydrogen) atoms. The van der Waals surface area contributed by atoms with Crippen LogP contribution in [0, 0.1) is 0 Å². The molecule has 3 rings (SSSR count). The lowest BCUT2D eigenvalue weighted by molar-refractivity contribution is -0.115. The predicted molar refractivity (Wildman–Crippen MR) is 93.6 cm³/mol. The van der Waals surface area contributed by atoms with E-state index in [9.17, 15) is 9.59 Å². The van der Waals surface area contributed by atoms with Crippen molar-refractivity contribution in [1.82, 2.24) is 4.98 Å². The van der Waals surface area contributed by atoms with Crippen molar-refractivity contribution in [2.24, 2.45) is 0 Å². The first-order valence-corrected chi connectivity index (χ1v) is 7.61. The van der Waals surface area contributed by atoms with Gasteiger partial charge >= 0.3 is 0 Å². The molecule has 0 aliphatic rings. The Morgan fingerprint density at radius 3 is 2.75 bits per heavy atom. The van der Waals surface area contributed by atoms with Gasteiger partial charge in [-0.25, -0.2) is 0 Å². The van der Waals surface area contributed by atoms with E-state index >= 15 is 0 Å². The molecule has 0 fully saturated rings. The first-order valence-electron chi connectivity index (χ1n) is 7.61. The number of Topliss-reactive ketones (excluding diaryl/α,β-unsaturated/α-hetero) is 1. The Morgan fingerprint density at radius 1 is 1.17 bits per heavy atom. The Hall–Kier alpha value is -3.08. The van der Waals surface area contributed by atoms with Crippen LogP contribution in [0.15, 0.2) is 48.7 Å². The maximum absolute atomic E-state index is 12.3. The molecule has 0 atom stereocenters. The highest BCUT2D eigenvalue weighted by Crippen LogP contribution is 2.24. The number of amides is 1. The van der Waals surface area contributed by atoms with E-state index in [0.29, 0.717) is 11.3 Å². The molecule has 0 aliphatic carbocycles. The molecule has 2 aromatic carbocycles. The first kappa shape index (κ1) is 15.8.